The van der Waals surface area contributed by atoms with Crippen molar-refractivity contribution in [2.24, 2.45) is 5.92 Å². The summed E-state index contributed by atoms with van der Waals surface area (Å²) in [6.07, 6.45) is 3.02. The van der Waals surface area contributed by atoms with Gasteiger partial charge in [-0.2, -0.15) is 8.78 Å². The van der Waals surface area contributed by atoms with Crippen molar-refractivity contribution in [1.29, 1.82) is 0 Å². The summed E-state index contributed by atoms with van der Waals surface area (Å²) in [5, 5.41) is 0. The van der Waals surface area contributed by atoms with E-state index in [1.165, 1.54) is 0 Å². The summed E-state index contributed by atoms with van der Waals surface area (Å²) in [5.41, 5.74) is 0. The smallest absolute Gasteiger partial charge is 0.303 e. The Morgan fingerprint density at radius 3 is 2.92 bits per heavy atom. The highest BCUT2D eigenvalue weighted by Gasteiger charge is 2.37. The molecule has 1 nitrogen and oxygen atoms in total. The van der Waals surface area contributed by atoms with Gasteiger partial charge < -0.3 is 4.79 Å². The van der Waals surface area contributed by atoms with Crippen LogP contribution in [0, 0.1) is 17.8 Å². The SMILES string of the molecule is O=CCC1CCCCC#CC1(F)F. The van der Waals surface area contributed by atoms with Crippen LogP contribution in [-0.2, 0) is 4.79 Å². The van der Waals surface area contributed by atoms with E-state index in [9.17, 15) is 13.6 Å². The molecule has 0 aromatic carbocycles. The summed E-state index contributed by atoms with van der Waals surface area (Å²) in [7, 11) is 0. The molecule has 1 rings (SSSR count). The first kappa shape index (κ1) is 10.2. The van der Waals surface area contributed by atoms with Crippen LogP contribution in [0.4, 0.5) is 8.78 Å². The van der Waals surface area contributed by atoms with Crippen molar-refractivity contribution >= 4 is 6.29 Å². The summed E-state index contributed by atoms with van der Waals surface area (Å²) < 4.78 is 26.3. The Balaban J connectivity index is 2.74. The van der Waals surface area contributed by atoms with Crippen molar-refractivity contribution in [2.75, 3.05) is 0 Å². The maximum absolute atomic E-state index is 13.2. The van der Waals surface area contributed by atoms with Gasteiger partial charge >= 0.3 is 5.92 Å². The molecule has 0 aromatic heterocycles. The lowest BCUT2D eigenvalue weighted by Crippen LogP contribution is -2.27. The molecule has 1 unspecified atom stereocenters. The molecule has 0 heterocycles. The third-order valence-electron chi connectivity index (χ3n) is 2.25. The Labute approximate surface area is 76.5 Å². The monoisotopic (exact) mass is 186 g/mol. The average molecular weight is 186 g/mol. The lowest BCUT2D eigenvalue weighted by atomic mass is 9.90. The van der Waals surface area contributed by atoms with Crippen LogP contribution in [0.15, 0.2) is 0 Å². The van der Waals surface area contributed by atoms with Gasteiger partial charge in [0.25, 0.3) is 0 Å². The van der Waals surface area contributed by atoms with E-state index in [1.807, 2.05) is 5.92 Å². The highest BCUT2D eigenvalue weighted by Crippen LogP contribution is 2.31. The van der Waals surface area contributed by atoms with Crippen LogP contribution in [0.25, 0.3) is 0 Å². The van der Waals surface area contributed by atoms with Crippen LogP contribution in [0.1, 0.15) is 32.1 Å². The zero-order valence-corrected chi connectivity index (χ0v) is 7.35. The van der Waals surface area contributed by atoms with E-state index in [4.69, 9.17) is 0 Å². The molecule has 1 aliphatic carbocycles. The van der Waals surface area contributed by atoms with Crippen LogP contribution in [-0.4, -0.2) is 12.2 Å². The van der Waals surface area contributed by atoms with Crippen LogP contribution >= 0.6 is 0 Å². The standard InChI is InChI=1S/C10H12F2O/c11-10(12)7-4-2-1-3-5-9(10)6-8-13/h8-9H,1-3,5-6H2. The number of carbonyl (C=O) groups is 1. The van der Waals surface area contributed by atoms with Gasteiger partial charge in [-0.1, -0.05) is 12.3 Å². The van der Waals surface area contributed by atoms with Gasteiger partial charge in [0.15, 0.2) is 0 Å². The molecule has 72 valence electrons. The normalized spacial score (nSPS) is 26.5. The highest BCUT2D eigenvalue weighted by molar-refractivity contribution is 5.50. The van der Waals surface area contributed by atoms with Crippen molar-refractivity contribution in [3.8, 4) is 11.8 Å². The van der Waals surface area contributed by atoms with E-state index in [0.717, 1.165) is 12.8 Å². The number of rotatable bonds is 2. The van der Waals surface area contributed by atoms with Crippen LogP contribution in [0.5, 0.6) is 0 Å². The van der Waals surface area contributed by atoms with E-state index in [1.54, 1.807) is 0 Å². The molecule has 1 atom stereocenters. The molecular weight excluding hydrogens is 174 g/mol. The molecule has 0 saturated carbocycles. The van der Waals surface area contributed by atoms with Gasteiger partial charge in [0, 0.05) is 18.8 Å². The second-order valence-corrected chi connectivity index (χ2v) is 3.27. The Morgan fingerprint density at radius 1 is 1.46 bits per heavy atom. The topological polar surface area (TPSA) is 17.1 Å². The number of hydrogen-bond acceptors (Lipinski definition) is 1. The van der Waals surface area contributed by atoms with Crippen molar-refractivity contribution in [1.82, 2.24) is 0 Å². The van der Waals surface area contributed by atoms with Gasteiger partial charge in [-0.05, 0) is 18.8 Å². The summed E-state index contributed by atoms with van der Waals surface area (Å²) in [4.78, 5) is 10.2. The van der Waals surface area contributed by atoms with Gasteiger partial charge in [-0.3, -0.25) is 0 Å². The predicted octanol–water partition coefficient (Wildman–Crippen LogP) is 2.40. The zero-order valence-electron chi connectivity index (χ0n) is 7.35. The molecular formula is C10H12F2O. The Morgan fingerprint density at radius 2 is 2.23 bits per heavy atom. The van der Waals surface area contributed by atoms with Crippen molar-refractivity contribution in [3.63, 3.8) is 0 Å². The minimum absolute atomic E-state index is 0.0817. The first-order valence-electron chi connectivity index (χ1n) is 4.48. The first-order valence-corrected chi connectivity index (χ1v) is 4.48. The minimum Gasteiger partial charge on any atom is -0.303 e. The molecule has 0 radical (unpaired) electrons. The van der Waals surface area contributed by atoms with Crippen LogP contribution in [0.3, 0.4) is 0 Å². The summed E-state index contributed by atoms with van der Waals surface area (Å²) in [5.74, 6) is 0.556. The molecule has 0 fully saturated rings. The third kappa shape index (κ3) is 2.80. The summed E-state index contributed by atoms with van der Waals surface area (Å²) in [6.45, 7) is 0. The van der Waals surface area contributed by atoms with E-state index < -0.39 is 11.8 Å². The Hall–Kier alpha value is -0.910. The molecule has 0 N–H and O–H groups in total. The van der Waals surface area contributed by atoms with E-state index in [-0.39, 0.29) is 6.42 Å². The highest BCUT2D eigenvalue weighted by atomic mass is 19.3. The molecule has 0 aromatic rings. The van der Waals surface area contributed by atoms with Gasteiger partial charge in [0.1, 0.15) is 6.29 Å². The second-order valence-electron chi connectivity index (χ2n) is 3.27. The number of halogens is 2. The molecule has 0 amide bonds. The van der Waals surface area contributed by atoms with Crippen LogP contribution in [0.2, 0.25) is 0 Å². The second kappa shape index (κ2) is 4.36. The predicted molar refractivity (Wildman–Crippen MR) is 45.4 cm³/mol. The zero-order chi connectivity index (χ0) is 9.73. The Bertz CT molecular complexity index is 237. The van der Waals surface area contributed by atoms with Crippen molar-refractivity contribution in [2.45, 2.75) is 38.0 Å². The molecule has 13 heavy (non-hydrogen) atoms. The van der Waals surface area contributed by atoms with Crippen molar-refractivity contribution in [3.05, 3.63) is 0 Å². The largest absolute Gasteiger partial charge is 0.311 e. The van der Waals surface area contributed by atoms with Crippen LogP contribution < -0.4 is 0 Å². The summed E-state index contributed by atoms with van der Waals surface area (Å²) in [6, 6.07) is 0. The number of carbonyl (C=O) groups excluding carboxylic acids is 1. The number of alkyl halides is 2. The number of hydrogen-bond donors (Lipinski definition) is 0. The first-order chi connectivity index (χ1) is 6.17. The van der Waals surface area contributed by atoms with Gasteiger partial charge in [-0.15, -0.1) is 0 Å². The fourth-order valence-corrected chi connectivity index (χ4v) is 1.45. The Kier molecular flexibility index (Phi) is 3.41. The fourth-order valence-electron chi connectivity index (χ4n) is 1.45. The molecule has 1 aliphatic rings. The van der Waals surface area contributed by atoms with Gasteiger partial charge in [0.05, 0.1) is 0 Å². The molecule has 3 heteroatoms. The lowest BCUT2D eigenvalue weighted by molar-refractivity contribution is -0.111. The molecule has 0 spiro atoms. The lowest BCUT2D eigenvalue weighted by Gasteiger charge is -2.21. The minimum atomic E-state index is -2.97. The van der Waals surface area contributed by atoms with Gasteiger partial charge in [-0.25, -0.2) is 0 Å². The maximum Gasteiger partial charge on any atom is 0.311 e. The average Bonchev–Trinajstić information content (AvgIpc) is 2.06. The van der Waals surface area contributed by atoms with E-state index >= 15 is 0 Å². The summed E-state index contributed by atoms with van der Waals surface area (Å²) >= 11 is 0. The molecule has 0 bridgehead atoms. The third-order valence-corrected chi connectivity index (χ3v) is 2.25. The quantitative estimate of drug-likeness (QED) is 0.478. The maximum atomic E-state index is 13.2. The van der Waals surface area contributed by atoms with Gasteiger partial charge in [0.2, 0.25) is 0 Å². The van der Waals surface area contributed by atoms with E-state index in [2.05, 4.69) is 5.92 Å². The number of aldehydes is 1. The molecule has 0 aliphatic heterocycles. The molecule has 0 saturated heterocycles. The van der Waals surface area contributed by atoms with E-state index in [0.29, 0.717) is 19.1 Å². The fraction of sp³-hybridized carbons (Fsp3) is 0.700. The van der Waals surface area contributed by atoms with Crippen molar-refractivity contribution < 1.29 is 13.6 Å².